The molecule has 1 fully saturated rings. The Balaban J connectivity index is 1.35. The summed E-state index contributed by atoms with van der Waals surface area (Å²) in [6.07, 6.45) is 1.74. The fourth-order valence-corrected chi connectivity index (χ4v) is 5.23. The van der Waals surface area contributed by atoms with Crippen molar-refractivity contribution in [2.24, 2.45) is 0 Å². The van der Waals surface area contributed by atoms with Crippen molar-refractivity contribution in [1.82, 2.24) is 14.6 Å². The average molecular weight is 435 g/mol. The highest BCUT2D eigenvalue weighted by Gasteiger charge is 2.27. The molecular weight excluding hydrogens is 408 g/mol. The number of amides is 1. The van der Waals surface area contributed by atoms with Gasteiger partial charge >= 0.3 is 0 Å². The molecule has 0 spiro atoms. The van der Waals surface area contributed by atoms with Crippen molar-refractivity contribution in [3.8, 4) is 0 Å². The Bertz CT molecular complexity index is 871. The van der Waals surface area contributed by atoms with Crippen LogP contribution in [-0.4, -0.2) is 67.8 Å². The Kier molecular flexibility index (Phi) is 7.91. The minimum absolute atomic E-state index is 0.0777. The smallest absolute Gasteiger partial charge is 0.230 e. The van der Waals surface area contributed by atoms with Crippen LogP contribution in [0.4, 0.5) is 5.82 Å². The van der Waals surface area contributed by atoms with Crippen LogP contribution in [0.5, 0.6) is 0 Å². The van der Waals surface area contributed by atoms with Gasteiger partial charge in [-0.15, -0.1) is 11.8 Å². The Morgan fingerprint density at radius 1 is 1.03 bits per heavy atom. The summed E-state index contributed by atoms with van der Waals surface area (Å²) in [6.45, 7) is 2.21. The molecule has 1 aliphatic rings. The van der Waals surface area contributed by atoms with Gasteiger partial charge in [0.1, 0.15) is 5.82 Å². The zero-order chi connectivity index (χ0) is 20.5. The van der Waals surface area contributed by atoms with Crippen LogP contribution in [0.1, 0.15) is 5.56 Å². The van der Waals surface area contributed by atoms with E-state index in [1.54, 1.807) is 6.20 Å². The molecule has 0 saturated carbocycles. The number of thioether (sulfide) groups is 1. The zero-order valence-electron chi connectivity index (χ0n) is 16.2. The average Bonchev–Trinajstić information content (AvgIpc) is 2.75. The number of piperazine rings is 1. The first-order valence-corrected chi connectivity index (χ1v) is 12.3. The number of nitrogens with zero attached hydrogens (tertiary/aromatic N) is 3. The van der Waals surface area contributed by atoms with Gasteiger partial charge in [0.2, 0.25) is 15.9 Å². The lowest BCUT2D eigenvalue weighted by atomic mass is 10.2. The molecule has 29 heavy (non-hydrogen) atoms. The van der Waals surface area contributed by atoms with Crippen molar-refractivity contribution in [3.05, 3.63) is 60.3 Å². The molecule has 1 N–H and O–H groups in total. The number of aromatic nitrogens is 1. The standard InChI is InChI=1S/C20H26N4O3S2/c25-20(17-28-16-18-6-2-1-3-7-18)22-10-15-29(26,27)24-13-11-23(12-14-24)19-8-4-5-9-21-19/h1-9H,10-17H2,(H,22,25). The van der Waals surface area contributed by atoms with E-state index in [1.807, 2.05) is 48.5 Å². The van der Waals surface area contributed by atoms with Gasteiger partial charge in [-0.3, -0.25) is 4.79 Å². The van der Waals surface area contributed by atoms with E-state index in [-0.39, 0.29) is 18.2 Å². The molecule has 1 amide bonds. The Labute approximate surface area is 176 Å². The highest BCUT2D eigenvalue weighted by atomic mass is 32.2. The van der Waals surface area contributed by atoms with Crippen LogP contribution in [-0.2, 0) is 20.6 Å². The number of sulfonamides is 1. The molecule has 2 heterocycles. The second kappa shape index (κ2) is 10.6. The Hall–Kier alpha value is -2.10. The highest BCUT2D eigenvalue weighted by Crippen LogP contribution is 2.15. The van der Waals surface area contributed by atoms with Gasteiger partial charge in [-0.1, -0.05) is 36.4 Å². The fourth-order valence-electron chi connectivity index (χ4n) is 3.07. The monoisotopic (exact) mass is 434 g/mol. The summed E-state index contributed by atoms with van der Waals surface area (Å²) in [6, 6.07) is 15.6. The molecule has 2 aromatic rings. The van der Waals surface area contributed by atoms with Crippen LogP contribution in [0, 0.1) is 0 Å². The molecule has 1 aromatic heterocycles. The molecule has 0 radical (unpaired) electrons. The lowest BCUT2D eigenvalue weighted by Crippen LogP contribution is -2.50. The summed E-state index contributed by atoms with van der Waals surface area (Å²) < 4.78 is 26.6. The molecule has 0 unspecified atom stereocenters. The van der Waals surface area contributed by atoms with Crippen molar-refractivity contribution in [1.29, 1.82) is 0 Å². The first-order chi connectivity index (χ1) is 14.0. The van der Waals surface area contributed by atoms with Gasteiger partial charge in [0.05, 0.1) is 11.5 Å². The molecular formula is C20H26N4O3S2. The van der Waals surface area contributed by atoms with Crippen molar-refractivity contribution in [2.75, 3.05) is 49.1 Å². The minimum Gasteiger partial charge on any atom is -0.354 e. The maximum atomic E-state index is 12.5. The number of carbonyl (C=O) groups excluding carboxylic acids is 1. The first-order valence-electron chi connectivity index (χ1n) is 9.57. The van der Waals surface area contributed by atoms with Crippen molar-refractivity contribution < 1.29 is 13.2 Å². The van der Waals surface area contributed by atoms with Crippen LogP contribution < -0.4 is 10.2 Å². The van der Waals surface area contributed by atoms with Crippen molar-refractivity contribution >= 4 is 33.5 Å². The highest BCUT2D eigenvalue weighted by molar-refractivity contribution is 7.99. The molecule has 1 aromatic carbocycles. The fraction of sp³-hybridized carbons (Fsp3) is 0.400. The van der Waals surface area contributed by atoms with E-state index in [0.717, 1.165) is 17.1 Å². The SMILES string of the molecule is O=C(CSCc1ccccc1)NCCS(=O)(=O)N1CCN(c2ccccn2)CC1. The summed E-state index contributed by atoms with van der Waals surface area (Å²) >= 11 is 1.52. The van der Waals surface area contributed by atoms with Gasteiger partial charge in [0.15, 0.2) is 0 Å². The largest absolute Gasteiger partial charge is 0.354 e. The summed E-state index contributed by atoms with van der Waals surface area (Å²) in [5, 5.41) is 2.71. The lowest BCUT2D eigenvalue weighted by molar-refractivity contribution is -0.118. The number of carbonyl (C=O) groups is 1. The molecule has 0 atom stereocenters. The van der Waals surface area contributed by atoms with Gasteiger partial charge in [-0.05, 0) is 17.7 Å². The molecule has 156 valence electrons. The van der Waals surface area contributed by atoms with E-state index in [9.17, 15) is 13.2 Å². The summed E-state index contributed by atoms with van der Waals surface area (Å²) in [5.74, 6) is 1.72. The Morgan fingerprint density at radius 3 is 2.45 bits per heavy atom. The van der Waals surface area contributed by atoms with E-state index in [1.165, 1.54) is 16.1 Å². The third-order valence-electron chi connectivity index (χ3n) is 4.63. The molecule has 1 aliphatic heterocycles. The van der Waals surface area contributed by atoms with Crippen molar-refractivity contribution in [3.63, 3.8) is 0 Å². The number of nitrogens with one attached hydrogen (secondary N) is 1. The topological polar surface area (TPSA) is 82.6 Å². The van der Waals surface area contributed by atoms with Crippen LogP contribution in [0.15, 0.2) is 54.7 Å². The third-order valence-corrected chi connectivity index (χ3v) is 7.51. The van der Waals surface area contributed by atoms with Gasteiger partial charge < -0.3 is 10.2 Å². The van der Waals surface area contributed by atoms with E-state index in [0.29, 0.717) is 31.9 Å². The molecule has 9 heteroatoms. The number of pyridine rings is 1. The maximum Gasteiger partial charge on any atom is 0.230 e. The van der Waals surface area contributed by atoms with Crippen LogP contribution in [0.25, 0.3) is 0 Å². The summed E-state index contributed by atoms with van der Waals surface area (Å²) in [7, 11) is -3.38. The summed E-state index contributed by atoms with van der Waals surface area (Å²) in [4.78, 5) is 18.3. The molecule has 3 rings (SSSR count). The number of benzene rings is 1. The van der Waals surface area contributed by atoms with Gasteiger partial charge in [-0.25, -0.2) is 13.4 Å². The molecule has 0 aliphatic carbocycles. The second-order valence-corrected chi connectivity index (χ2v) is 9.79. The molecule has 0 bridgehead atoms. The van der Waals surface area contributed by atoms with Gasteiger partial charge in [0, 0.05) is 44.7 Å². The number of anilines is 1. The quantitative estimate of drug-likeness (QED) is 0.645. The van der Waals surface area contributed by atoms with E-state index in [2.05, 4.69) is 15.2 Å². The maximum absolute atomic E-state index is 12.5. The van der Waals surface area contributed by atoms with Gasteiger partial charge in [-0.2, -0.15) is 4.31 Å². The predicted molar refractivity (Wildman–Crippen MR) is 117 cm³/mol. The number of hydrogen-bond donors (Lipinski definition) is 1. The number of hydrogen-bond acceptors (Lipinski definition) is 6. The number of rotatable bonds is 9. The Morgan fingerprint density at radius 2 is 1.76 bits per heavy atom. The minimum atomic E-state index is -3.38. The second-order valence-electron chi connectivity index (χ2n) is 6.72. The lowest BCUT2D eigenvalue weighted by Gasteiger charge is -2.34. The van der Waals surface area contributed by atoms with Crippen molar-refractivity contribution in [2.45, 2.75) is 5.75 Å². The van der Waals surface area contributed by atoms with Crippen LogP contribution in [0.3, 0.4) is 0 Å². The predicted octanol–water partition coefficient (Wildman–Crippen LogP) is 1.58. The van der Waals surface area contributed by atoms with E-state index >= 15 is 0 Å². The van der Waals surface area contributed by atoms with E-state index < -0.39 is 10.0 Å². The van der Waals surface area contributed by atoms with Crippen LogP contribution >= 0.6 is 11.8 Å². The van der Waals surface area contributed by atoms with Gasteiger partial charge in [0.25, 0.3) is 0 Å². The molecule has 7 nitrogen and oxygen atoms in total. The van der Waals surface area contributed by atoms with E-state index in [4.69, 9.17) is 0 Å². The summed E-state index contributed by atoms with van der Waals surface area (Å²) in [5.41, 5.74) is 1.16. The molecule has 1 saturated heterocycles. The van der Waals surface area contributed by atoms with Crippen LogP contribution in [0.2, 0.25) is 0 Å². The zero-order valence-corrected chi connectivity index (χ0v) is 17.9. The normalized spacial score (nSPS) is 15.2. The third kappa shape index (κ3) is 6.73. The first kappa shape index (κ1) is 21.6.